The van der Waals surface area contributed by atoms with Gasteiger partial charge in [-0.2, -0.15) is 0 Å². The van der Waals surface area contributed by atoms with Crippen LogP contribution in [0.3, 0.4) is 0 Å². The first kappa shape index (κ1) is 16.3. The van der Waals surface area contributed by atoms with Crippen LogP contribution in [0.15, 0.2) is 18.2 Å². The summed E-state index contributed by atoms with van der Waals surface area (Å²) in [4.78, 5) is 12.8. The largest absolute Gasteiger partial charge is 0.486 e. The zero-order valence-electron chi connectivity index (χ0n) is 13.7. The Morgan fingerprint density at radius 1 is 1.12 bits per heavy atom. The van der Waals surface area contributed by atoms with Crippen molar-refractivity contribution in [2.45, 2.75) is 48.9 Å². The molecule has 1 aromatic rings. The number of rotatable bonds is 3. The van der Waals surface area contributed by atoms with Gasteiger partial charge in [-0.1, -0.05) is 18.9 Å². The van der Waals surface area contributed by atoms with Gasteiger partial charge < -0.3 is 14.8 Å². The number of carbonyl (C=O) groups is 1. The summed E-state index contributed by atoms with van der Waals surface area (Å²) in [6.45, 7) is 2.95. The Balaban J connectivity index is 1.63. The van der Waals surface area contributed by atoms with Crippen molar-refractivity contribution in [1.82, 2.24) is 5.32 Å². The molecule has 2 fully saturated rings. The van der Waals surface area contributed by atoms with Crippen LogP contribution in [0.25, 0.3) is 0 Å². The van der Waals surface area contributed by atoms with Crippen molar-refractivity contribution in [1.29, 1.82) is 0 Å². The average molecular weight is 370 g/mol. The van der Waals surface area contributed by atoms with E-state index in [2.05, 4.69) is 5.32 Å². The van der Waals surface area contributed by atoms with E-state index in [9.17, 15) is 4.79 Å². The Hall–Kier alpha value is -1.13. The summed E-state index contributed by atoms with van der Waals surface area (Å²) in [5.74, 6) is 1.45. The van der Waals surface area contributed by atoms with Crippen LogP contribution in [0.2, 0.25) is 0 Å². The molecule has 1 heterocycles. The van der Waals surface area contributed by atoms with E-state index in [0.717, 1.165) is 42.7 Å². The Kier molecular flexibility index (Phi) is 3.70. The number of alkyl halides is 2. The van der Waals surface area contributed by atoms with Gasteiger partial charge in [-0.3, -0.25) is 4.79 Å². The summed E-state index contributed by atoms with van der Waals surface area (Å²) in [5, 5.41) is 3.27. The highest BCUT2D eigenvalue weighted by molar-refractivity contribution is 6.53. The smallest absolute Gasteiger partial charge is 0.229 e. The molecule has 3 aliphatic rings. The Morgan fingerprint density at radius 2 is 1.75 bits per heavy atom. The number of benzene rings is 1. The van der Waals surface area contributed by atoms with E-state index in [1.165, 1.54) is 0 Å². The van der Waals surface area contributed by atoms with Crippen molar-refractivity contribution in [3.63, 3.8) is 0 Å². The third-order valence-electron chi connectivity index (χ3n) is 5.66. The molecule has 0 bridgehead atoms. The second-order valence-electron chi connectivity index (χ2n) is 7.32. The van der Waals surface area contributed by atoms with Gasteiger partial charge in [0.2, 0.25) is 5.91 Å². The number of fused-ring (bicyclic) bond motifs is 1. The quantitative estimate of drug-likeness (QED) is 0.821. The Morgan fingerprint density at radius 3 is 2.38 bits per heavy atom. The fourth-order valence-corrected chi connectivity index (χ4v) is 4.51. The summed E-state index contributed by atoms with van der Waals surface area (Å²) >= 11 is 12.4. The maximum absolute atomic E-state index is 12.8. The van der Waals surface area contributed by atoms with Crippen molar-refractivity contribution in [3.05, 3.63) is 23.8 Å². The van der Waals surface area contributed by atoms with Crippen LogP contribution >= 0.6 is 23.2 Å². The van der Waals surface area contributed by atoms with Gasteiger partial charge in [-0.25, -0.2) is 0 Å². The molecular weight excluding hydrogens is 349 g/mol. The zero-order chi connectivity index (χ0) is 17.0. The van der Waals surface area contributed by atoms with Crippen molar-refractivity contribution in [2.75, 3.05) is 13.2 Å². The number of hydrogen-bond acceptors (Lipinski definition) is 3. The van der Waals surface area contributed by atoms with Crippen LogP contribution in [0.5, 0.6) is 11.5 Å². The highest BCUT2D eigenvalue weighted by atomic mass is 35.5. The topological polar surface area (TPSA) is 47.6 Å². The van der Waals surface area contributed by atoms with Crippen molar-refractivity contribution in [3.8, 4) is 11.5 Å². The molecule has 0 aromatic heterocycles. The molecule has 1 aromatic carbocycles. The number of ether oxygens (including phenoxy) is 2. The van der Waals surface area contributed by atoms with E-state index in [-0.39, 0.29) is 11.4 Å². The second kappa shape index (κ2) is 5.43. The first-order valence-corrected chi connectivity index (χ1v) is 9.23. The summed E-state index contributed by atoms with van der Waals surface area (Å²) < 4.78 is 10.4. The van der Waals surface area contributed by atoms with Gasteiger partial charge in [-0.05, 0) is 43.9 Å². The molecule has 2 saturated carbocycles. The first-order chi connectivity index (χ1) is 11.4. The van der Waals surface area contributed by atoms with Crippen LogP contribution < -0.4 is 14.8 Å². The van der Waals surface area contributed by atoms with Crippen molar-refractivity contribution in [2.24, 2.45) is 5.41 Å². The molecule has 1 unspecified atom stereocenters. The predicted octanol–water partition coefficient (Wildman–Crippen LogP) is 3.93. The lowest BCUT2D eigenvalue weighted by Gasteiger charge is -2.33. The SMILES string of the molecule is CC1(C(=O)NC2(c3ccc4c(c3)OCCO4)CCCC2)CC1(Cl)Cl. The van der Waals surface area contributed by atoms with Crippen molar-refractivity contribution >= 4 is 29.1 Å². The minimum atomic E-state index is -0.955. The van der Waals surface area contributed by atoms with E-state index < -0.39 is 9.75 Å². The second-order valence-corrected chi connectivity index (χ2v) is 8.80. The molecule has 2 aliphatic carbocycles. The Bertz CT molecular complexity index is 685. The fourth-order valence-electron chi connectivity index (χ4n) is 3.81. The van der Waals surface area contributed by atoms with Crippen LogP contribution in [0.4, 0.5) is 0 Å². The molecule has 4 rings (SSSR count). The van der Waals surface area contributed by atoms with Crippen LogP contribution in [0.1, 0.15) is 44.6 Å². The molecule has 24 heavy (non-hydrogen) atoms. The molecule has 130 valence electrons. The predicted molar refractivity (Wildman–Crippen MR) is 92.9 cm³/mol. The van der Waals surface area contributed by atoms with Gasteiger partial charge in [0.05, 0.1) is 11.0 Å². The Labute approximate surface area is 151 Å². The molecule has 1 N–H and O–H groups in total. The highest BCUT2D eigenvalue weighted by Crippen LogP contribution is 2.64. The molecule has 6 heteroatoms. The molecule has 1 amide bonds. The summed E-state index contributed by atoms with van der Waals surface area (Å²) in [6.07, 6.45) is 4.47. The van der Waals surface area contributed by atoms with E-state index in [1.54, 1.807) is 0 Å². The van der Waals surface area contributed by atoms with E-state index in [1.807, 2.05) is 25.1 Å². The van der Waals surface area contributed by atoms with Crippen LogP contribution in [-0.2, 0) is 10.3 Å². The molecule has 0 radical (unpaired) electrons. The van der Waals surface area contributed by atoms with Crippen LogP contribution in [0, 0.1) is 5.41 Å². The minimum Gasteiger partial charge on any atom is -0.486 e. The fraction of sp³-hybridized carbons (Fsp3) is 0.611. The third-order valence-corrected chi connectivity index (χ3v) is 6.77. The maximum atomic E-state index is 12.8. The monoisotopic (exact) mass is 369 g/mol. The van der Waals surface area contributed by atoms with Gasteiger partial charge in [0, 0.05) is 0 Å². The third kappa shape index (κ3) is 2.46. The first-order valence-electron chi connectivity index (χ1n) is 8.47. The zero-order valence-corrected chi connectivity index (χ0v) is 15.2. The lowest BCUT2D eigenvalue weighted by atomic mass is 9.87. The molecule has 1 aliphatic heterocycles. The van der Waals surface area contributed by atoms with Crippen molar-refractivity contribution < 1.29 is 14.3 Å². The lowest BCUT2D eigenvalue weighted by Crippen LogP contribution is -2.47. The van der Waals surface area contributed by atoms with Gasteiger partial charge in [0.25, 0.3) is 0 Å². The van der Waals surface area contributed by atoms with E-state index in [0.29, 0.717) is 19.6 Å². The molecular formula is C18H21Cl2NO3. The van der Waals surface area contributed by atoms with Crippen LogP contribution in [-0.4, -0.2) is 23.5 Å². The van der Waals surface area contributed by atoms with Gasteiger partial charge in [-0.15, -0.1) is 23.2 Å². The maximum Gasteiger partial charge on any atom is 0.229 e. The minimum absolute atomic E-state index is 0.0655. The van der Waals surface area contributed by atoms with E-state index >= 15 is 0 Å². The number of hydrogen-bond donors (Lipinski definition) is 1. The highest BCUT2D eigenvalue weighted by Gasteiger charge is 2.68. The number of amides is 1. The molecule has 4 nitrogen and oxygen atoms in total. The molecule has 0 spiro atoms. The summed E-state index contributed by atoms with van der Waals surface area (Å²) in [5.41, 5.74) is -0.0152. The van der Waals surface area contributed by atoms with Gasteiger partial charge in [0.1, 0.15) is 17.5 Å². The van der Waals surface area contributed by atoms with Gasteiger partial charge >= 0.3 is 0 Å². The summed E-state index contributed by atoms with van der Waals surface area (Å²) in [7, 11) is 0. The number of nitrogens with one attached hydrogen (secondary N) is 1. The molecule has 1 atom stereocenters. The number of halogens is 2. The standard InChI is InChI=1S/C18H21Cl2NO3/c1-16(11-18(16,19)20)15(22)21-17(6-2-3-7-17)12-4-5-13-14(10-12)24-9-8-23-13/h4-5,10H,2-3,6-9,11H2,1H3,(H,21,22). The molecule has 0 saturated heterocycles. The lowest BCUT2D eigenvalue weighted by molar-refractivity contribution is -0.128. The van der Waals surface area contributed by atoms with Gasteiger partial charge in [0.15, 0.2) is 11.5 Å². The summed E-state index contributed by atoms with van der Waals surface area (Å²) in [6, 6.07) is 5.97. The van der Waals surface area contributed by atoms with E-state index in [4.69, 9.17) is 32.7 Å². The normalized spacial score (nSPS) is 29.1. The average Bonchev–Trinajstić information content (AvgIpc) is 2.89. The number of carbonyl (C=O) groups excluding carboxylic acids is 1.